The first-order valence-corrected chi connectivity index (χ1v) is 3.16. The van der Waals surface area contributed by atoms with Crippen molar-refractivity contribution < 1.29 is 4.90 Å². The van der Waals surface area contributed by atoms with Gasteiger partial charge in [-0.05, 0) is 6.42 Å². The van der Waals surface area contributed by atoms with Crippen molar-refractivity contribution in [3.05, 3.63) is 7.05 Å². The second-order valence-electron chi connectivity index (χ2n) is 3.27. The van der Waals surface area contributed by atoms with Crippen LogP contribution in [0.4, 0.5) is 0 Å². The molecule has 2 fully saturated rings. The van der Waals surface area contributed by atoms with Crippen LogP contribution in [-0.4, -0.2) is 18.6 Å². The van der Waals surface area contributed by atoms with E-state index >= 15 is 0 Å². The molecule has 2 aliphatic rings. The molecule has 1 saturated carbocycles. The van der Waals surface area contributed by atoms with Crippen molar-refractivity contribution >= 4 is 0 Å². The molecule has 2 heteroatoms. The van der Waals surface area contributed by atoms with Crippen LogP contribution in [0.2, 0.25) is 0 Å². The van der Waals surface area contributed by atoms with Gasteiger partial charge in [0, 0.05) is 5.92 Å². The third kappa shape index (κ3) is 0.446. The average Bonchev–Trinajstić information content (AvgIpc) is 2.07. The average molecular weight is 112 g/mol. The van der Waals surface area contributed by atoms with Crippen molar-refractivity contribution in [1.82, 2.24) is 0 Å². The summed E-state index contributed by atoms with van der Waals surface area (Å²) in [4.78, 5) is 1.36. The van der Waals surface area contributed by atoms with Gasteiger partial charge in [0.1, 0.15) is 0 Å². The van der Waals surface area contributed by atoms with Crippen molar-refractivity contribution in [2.45, 2.75) is 12.0 Å². The van der Waals surface area contributed by atoms with E-state index in [2.05, 4.69) is 7.05 Å². The van der Waals surface area contributed by atoms with Crippen molar-refractivity contribution in [1.29, 1.82) is 0 Å². The fourth-order valence-electron chi connectivity index (χ4n) is 1.78. The molecule has 3 N–H and O–H groups in total. The van der Waals surface area contributed by atoms with Gasteiger partial charge in [-0.2, -0.15) is 7.05 Å². The predicted octanol–water partition coefficient (Wildman–Crippen LogP) is -1.61. The molecule has 1 aliphatic carbocycles. The van der Waals surface area contributed by atoms with E-state index in [1.54, 1.807) is 0 Å². The molecular weight excluding hydrogens is 100 g/mol. The topological polar surface area (TPSA) is 30.5 Å². The molecule has 0 aromatic carbocycles. The number of fused-ring (bicyclic) bond motifs is 1. The van der Waals surface area contributed by atoms with Crippen LogP contribution >= 0.6 is 0 Å². The molecule has 2 rings (SSSR count). The summed E-state index contributed by atoms with van der Waals surface area (Å²) in [5.74, 6) is 0.815. The number of nitrogens with one attached hydrogen (secondary N) is 1. The molecule has 8 heavy (non-hydrogen) atoms. The van der Waals surface area contributed by atoms with E-state index < -0.39 is 0 Å². The van der Waals surface area contributed by atoms with E-state index in [1.165, 1.54) is 17.9 Å². The van der Waals surface area contributed by atoms with Gasteiger partial charge >= 0.3 is 0 Å². The zero-order chi connectivity index (χ0) is 5.78. The highest BCUT2D eigenvalue weighted by Gasteiger charge is 2.58. The molecule has 1 unspecified atom stereocenters. The Morgan fingerprint density at radius 3 is 2.75 bits per heavy atom. The first-order valence-electron chi connectivity index (χ1n) is 3.16. The van der Waals surface area contributed by atoms with Crippen molar-refractivity contribution in [2.24, 2.45) is 11.7 Å². The van der Waals surface area contributed by atoms with Crippen LogP contribution in [0, 0.1) is 13.0 Å². The van der Waals surface area contributed by atoms with E-state index in [0.29, 0.717) is 0 Å². The zero-order valence-corrected chi connectivity index (χ0v) is 4.98. The van der Waals surface area contributed by atoms with Gasteiger partial charge in [0.2, 0.25) is 0 Å². The Morgan fingerprint density at radius 2 is 2.50 bits per heavy atom. The Bertz CT molecular complexity index is 124. The van der Waals surface area contributed by atoms with E-state index in [0.717, 1.165) is 12.5 Å². The maximum Gasteiger partial charge on any atom is 0.0718 e. The molecule has 0 spiro atoms. The van der Waals surface area contributed by atoms with E-state index in [4.69, 9.17) is 5.73 Å². The lowest BCUT2D eigenvalue weighted by Crippen LogP contribution is -3.06. The van der Waals surface area contributed by atoms with Gasteiger partial charge in [0.25, 0.3) is 0 Å². The van der Waals surface area contributed by atoms with Crippen molar-refractivity contribution in [3.63, 3.8) is 0 Å². The van der Waals surface area contributed by atoms with Gasteiger partial charge in [-0.3, -0.25) is 0 Å². The molecule has 1 aliphatic heterocycles. The lowest BCUT2D eigenvalue weighted by atomic mass is 10.3. The van der Waals surface area contributed by atoms with E-state index in [9.17, 15) is 0 Å². The summed E-state index contributed by atoms with van der Waals surface area (Å²) >= 11 is 0. The highest BCUT2D eigenvalue weighted by Crippen LogP contribution is 2.41. The summed E-state index contributed by atoms with van der Waals surface area (Å²) in [6, 6.07) is 0. The van der Waals surface area contributed by atoms with E-state index in [-0.39, 0.29) is 5.54 Å². The minimum Gasteiger partial charge on any atom is -0.466 e. The Labute approximate surface area is 49.7 Å². The molecule has 46 valence electrons. The van der Waals surface area contributed by atoms with Gasteiger partial charge in [-0.25, -0.2) is 0 Å². The van der Waals surface area contributed by atoms with Gasteiger partial charge in [-0.15, -0.1) is 0 Å². The Morgan fingerprint density at radius 1 is 1.75 bits per heavy atom. The predicted molar refractivity (Wildman–Crippen MR) is 31.1 cm³/mol. The first kappa shape index (κ1) is 4.77. The molecule has 2 nitrogen and oxygen atoms in total. The highest BCUT2D eigenvalue weighted by molar-refractivity contribution is 5.10. The maximum atomic E-state index is 5.88. The van der Waals surface area contributed by atoms with Crippen LogP contribution in [-0.2, 0) is 0 Å². The summed E-state index contributed by atoms with van der Waals surface area (Å²) in [6.45, 7) is 2.30. The molecule has 0 bridgehead atoms. The minimum absolute atomic E-state index is 0.233. The first-order chi connectivity index (χ1) is 3.71. The summed E-state index contributed by atoms with van der Waals surface area (Å²) in [5.41, 5.74) is 6.11. The molecule has 3 atom stereocenters. The van der Waals surface area contributed by atoms with Crippen molar-refractivity contribution in [2.75, 3.05) is 13.1 Å². The van der Waals surface area contributed by atoms with Crippen LogP contribution in [0.1, 0.15) is 6.42 Å². The summed E-state index contributed by atoms with van der Waals surface area (Å²) in [5, 5.41) is 0. The van der Waals surface area contributed by atoms with Crippen LogP contribution in [0.5, 0.6) is 0 Å². The lowest BCUT2D eigenvalue weighted by Gasteiger charge is -2.15. The number of nitrogens with two attached hydrogens (primary N) is 1. The second-order valence-corrected chi connectivity index (χ2v) is 3.27. The Kier molecular flexibility index (Phi) is 0.649. The number of quaternary nitrogens is 1. The summed E-state index contributed by atoms with van der Waals surface area (Å²) in [6.07, 6.45) is 1.26. The molecular formula is C6H12N2. The number of likely N-dealkylation sites (tertiary alicyclic amines) is 1. The molecule has 0 radical (unpaired) electrons. The van der Waals surface area contributed by atoms with Gasteiger partial charge in [-0.1, -0.05) is 0 Å². The lowest BCUT2D eigenvalue weighted by molar-refractivity contribution is -0.845. The fourth-order valence-corrected chi connectivity index (χ4v) is 1.78. The normalized spacial score (nSPS) is 60.8. The maximum absolute atomic E-state index is 5.88. The van der Waals surface area contributed by atoms with Gasteiger partial charge < -0.3 is 10.6 Å². The zero-order valence-electron chi connectivity index (χ0n) is 4.98. The van der Waals surface area contributed by atoms with Crippen LogP contribution in [0.25, 0.3) is 0 Å². The Balaban J connectivity index is 2.10. The standard InChI is InChI=1S/C6H12N2/c1-8-3-5-2-6(5,7)4-8/h5,8H,1-4,7H2/t5-,6-/m1/s1. The van der Waals surface area contributed by atoms with Crippen molar-refractivity contribution in [3.8, 4) is 0 Å². The van der Waals surface area contributed by atoms with Crippen LogP contribution in [0.15, 0.2) is 0 Å². The van der Waals surface area contributed by atoms with Crippen LogP contribution < -0.4 is 10.6 Å². The highest BCUT2D eigenvalue weighted by atomic mass is 15.2. The van der Waals surface area contributed by atoms with Crippen LogP contribution in [0.3, 0.4) is 0 Å². The Hall–Kier alpha value is -0.0800. The van der Waals surface area contributed by atoms with Gasteiger partial charge in [0.05, 0.1) is 18.6 Å². The molecule has 0 amide bonds. The minimum atomic E-state index is 0.233. The number of rotatable bonds is 0. The smallest absolute Gasteiger partial charge is 0.0718 e. The quantitative estimate of drug-likeness (QED) is 0.363. The monoisotopic (exact) mass is 112 g/mol. The number of hydrogen-bond donors (Lipinski definition) is 2. The van der Waals surface area contributed by atoms with E-state index in [1.807, 2.05) is 0 Å². The molecule has 1 saturated heterocycles. The fraction of sp³-hybridized carbons (Fsp3) is 0.833. The number of piperidine rings is 1. The largest absolute Gasteiger partial charge is 0.466 e. The summed E-state index contributed by atoms with van der Waals surface area (Å²) < 4.78 is 0. The SMILES string of the molecule is [CH2-][NH+]1C[C@H]2C[C@@]2(N)C1. The molecule has 0 aromatic rings. The third-order valence-corrected chi connectivity index (χ3v) is 2.39. The molecule has 1 heterocycles. The van der Waals surface area contributed by atoms with Gasteiger partial charge in [0.15, 0.2) is 0 Å². The molecule has 0 aromatic heterocycles. The third-order valence-electron chi connectivity index (χ3n) is 2.39. The summed E-state index contributed by atoms with van der Waals surface area (Å²) in [7, 11) is 3.90. The number of hydrogen-bond acceptors (Lipinski definition) is 1. The second kappa shape index (κ2) is 1.09.